The zero-order valence-electron chi connectivity index (χ0n) is 15.0. The van der Waals surface area contributed by atoms with Crippen LogP contribution in [0.4, 0.5) is 0 Å². The molecule has 3 nitrogen and oxygen atoms in total. The van der Waals surface area contributed by atoms with Crippen molar-refractivity contribution in [1.82, 2.24) is 4.89 Å². The normalized spacial score (nSPS) is 56.5. The minimum Gasteiger partial charge on any atom is -0.391 e. The van der Waals surface area contributed by atoms with Crippen LogP contribution in [0.2, 0.25) is 0 Å². The van der Waals surface area contributed by atoms with Gasteiger partial charge in [0, 0.05) is 0 Å². The molecule has 4 heteroatoms. The van der Waals surface area contributed by atoms with Gasteiger partial charge in [0.15, 0.2) is 0 Å². The summed E-state index contributed by atoms with van der Waals surface area (Å²) in [4.78, 5) is 8.47. The SMILES string of the molecule is C[C@@]12CCCC1C1CC=C3CC(O)C4(CONS4)C[C@]3(C)C1CC2. The van der Waals surface area contributed by atoms with E-state index < -0.39 is 0 Å². The lowest BCUT2D eigenvalue weighted by molar-refractivity contribution is -0.0541. The van der Waals surface area contributed by atoms with E-state index in [2.05, 4.69) is 24.8 Å². The first-order chi connectivity index (χ1) is 11.5. The Morgan fingerprint density at radius 3 is 2.92 bits per heavy atom. The highest BCUT2D eigenvalue weighted by Crippen LogP contribution is 2.66. The molecule has 1 saturated heterocycles. The van der Waals surface area contributed by atoms with Crippen molar-refractivity contribution in [3.05, 3.63) is 11.6 Å². The molecular formula is C20H31NO2S. The molecule has 4 fully saturated rings. The van der Waals surface area contributed by atoms with Gasteiger partial charge in [0.05, 0.1) is 17.5 Å². The highest BCUT2D eigenvalue weighted by atomic mass is 32.2. The zero-order chi connectivity index (χ0) is 16.6. The summed E-state index contributed by atoms with van der Waals surface area (Å²) >= 11 is 1.64. The number of hydrogen-bond acceptors (Lipinski definition) is 4. The molecule has 0 aromatic rings. The maximum absolute atomic E-state index is 10.8. The Balaban J connectivity index is 1.51. The Hall–Kier alpha value is -0.0300. The third kappa shape index (κ3) is 2.03. The van der Waals surface area contributed by atoms with Crippen LogP contribution in [0, 0.1) is 28.6 Å². The van der Waals surface area contributed by atoms with Crippen LogP contribution in [0.5, 0.6) is 0 Å². The summed E-state index contributed by atoms with van der Waals surface area (Å²) in [6, 6.07) is 0. The van der Waals surface area contributed by atoms with Gasteiger partial charge in [-0.15, -0.1) is 4.89 Å². The molecule has 2 N–H and O–H groups in total. The Morgan fingerprint density at radius 1 is 1.25 bits per heavy atom. The molecule has 1 heterocycles. The molecule has 0 aromatic carbocycles. The average Bonchev–Trinajstić information content (AvgIpc) is 3.16. The second kappa shape index (κ2) is 5.25. The lowest BCUT2D eigenvalue weighted by Gasteiger charge is -2.59. The molecule has 0 bridgehead atoms. The molecule has 1 aliphatic heterocycles. The highest BCUT2D eigenvalue weighted by Gasteiger charge is 2.61. The first-order valence-corrected chi connectivity index (χ1v) is 10.7. The smallest absolute Gasteiger partial charge is 0.0879 e. The second-order valence-electron chi connectivity index (χ2n) is 9.78. The Labute approximate surface area is 150 Å². The van der Waals surface area contributed by atoms with Crippen molar-refractivity contribution in [1.29, 1.82) is 0 Å². The molecule has 0 aromatic heterocycles. The van der Waals surface area contributed by atoms with Crippen LogP contribution in [-0.4, -0.2) is 22.6 Å². The summed E-state index contributed by atoms with van der Waals surface area (Å²) < 4.78 is -0.148. The number of nitrogens with one attached hydrogen (secondary N) is 1. The Kier molecular flexibility index (Phi) is 3.53. The molecule has 4 aliphatic carbocycles. The Morgan fingerprint density at radius 2 is 2.12 bits per heavy atom. The van der Waals surface area contributed by atoms with E-state index in [-0.39, 0.29) is 16.3 Å². The monoisotopic (exact) mass is 349 g/mol. The second-order valence-corrected chi connectivity index (χ2v) is 11.0. The van der Waals surface area contributed by atoms with Gasteiger partial charge in [-0.05, 0) is 85.5 Å². The van der Waals surface area contributed by atoms with E-state index in [1.807, 2.05) is 0 Å². The molecule has 134 valence electrons. The third-order valence-electron chi connectivity index (χ3n) is 8.71. The molecular weight excluding hydrogens is 318 g/mol. The molecule has 0 radical (unpaired) electrons. The number of hydrogen-bond donors (Lipinski definition) is 2. The van der Waals surface area contributed by atoms with Crippen molar-refractivity contribution in [2.45, 2.75) is 76.1 Å². The summed E-state index contributed by atoms with van der Waals surface area (Å²) in [5, 5.41) is 10.8. The van der Waals surface area contributed by atoms with Crippen molar-refractivity contribution < 1.29 is 9.94 Å². The lowest BCUT2D eigenvalue weighted by atomic mass is 9.47. The fraction of sp³-hybridized carbons (Fsp3) is 0.900. The van der Waals surface area contributed by atoms with Gasteiger partial charge in [-0.1, -0.05) is 31.9 Å². The molecule has 5 aliphatic rings. The number of allylic oxidation sites excluding steroid dienone is 1. The minimum atomic E-state index is -0.284. The van der Waals surface area contributed by atoms with E-state index >= 15 is 0 Å². The van der Waals surface area contributed by atoms with Gasteiger partial charge in [0.2, 0.25) is 0 Å². The minimum absolute atomic E-state index is 0.148. The fourth-order valence-electron chi connectivity index (χ4n) is 7.39. The Bertz CT molecular complexity index is 572. The standard InChI is InChI=1S/C20H31NO2S/c1-18-8-3-4-15(18)14-6-5-13-10-17(22)20(12-23-21-24-20)11-19(13,2)16(14)7-9-18/h5,14-17,21-22H,3-4,6-12H2,1-2H3/t14?,15?,16?,17?,18-,19-,20?/m0/s1. The van der Waals surface area contributed by atoms with Gasteiger partial charge < -0.3 is 5.11 Å². The fourth-order valence-corrected chi connectivity index (χ4v) is 8.38. The maximum atomic E-state index is 10.8. The van der Waals surface area contributed by atoms with Crippen molar-refractivity contribution >= 4 is 11.9 Å². The highest BCUT2D eigenvalue weighted by molar-refractivity contribution is 7.98. The van der Waals surface area contributed by atoms with Gasteiger partial charge >= 0.3 is 0 Å². The molecule has 24 heavy (non-hydrogen) atoms. The third-order valence-corrected chi connectivity index (χ3v) is 9.86. The van der Waals surface area contributed by atoms with Crippen LogP contribution in [-0.2, 0) is 4.84 Å². The summed E-state index contributed by atoms with van der Waals surface area (Å²) in [5.41, 5.74) is 2.42. The summed E-state index contributed by atoms with van der Waals surface area (Å²) in [6.07, 6.45) is 12.6. The topological polar surface area (TPSA) is 41.5 Å². The predicted molar refractivity (Wildman–Crippen MR) is 97.1 cm³/mol. The van der Waals surface area contributed by atoms with Crippen LogP contribution in [0.25, 0.3) is 0 Å². The van der Waals surface area contributed by atoms with Gasteiger partial charge in [-0.25, -0.2) is 0 Å². The van der Waals surface area contributed by atoms with Crippen LogP contribution in [0.15, 0.2) is 11.6 Å². The quantitative estimate of drug-likeness (QED) is 0.507. The lowest BCUT2D eigenvalue weighted by Crippen LogP contribution is -2.56. The van der Waals surface area contributed by atoms with Crippen LogP contribution in [0.3, 0.4) is 0 Å². The molecule has 5 rings (SSSR count). The average molecular weight is 350 g/mol. The van der Waals surface area contributed by atoms with E-state index in [1.54, 1.807) is 17.5 Å². The van der Waals surface area contributed by atoms with Crippen LogP contribution in [0.1, 0.15) is 65.2 Å². The summed E-state index contributed by atoms with van der Waals surface area (Å²) in [7, 11) is 0. The van der Waals surface area contributed by atoms with E-state index in [1.165, 1.54) is 38.5 Å². The van der Waals surface area contributed by atoms with Crippen LogP contribution < -0.4 is 4.89 Å². The molecule has 0 amide bonds. The van der Waals surface area contributed by atoms with Crippen molar-refractivity contribution in [3.63, 3.8) is 0 Å². The number of rotatable bonds is 0. The van der Waals surface area contributed by atoms with Gasteiger partial charge in [-0.2, -0.15) is 0 Å². The number of aliphatic hydroxyl groups excluding tert-OH is 1. The zero-order valence-corrected chi connectivity index (χ0v) is 15.8. The number of aliphatic hydroxyl groups is 1. The van der Waals surface area contributed by atoms with E-state index in [4.69, 9.17) is 4.84 Å². The largest absolute Gasteiger partial charge is 0.391 e. The molecule has 3 saturated carbocycles. The van der Waals surface area contributed by atoms with Crippen molar-refractivity contribution in [2.24, 2.45) is 28.6 Å². The number of fused-ring (bicyclic) bond motifs is 5. The summed E-state index contributed by atoms with van der Waals surface area (Å²) in [5.74, 6) is 2.60. The van der Waals surface area contributed by atoms with Gasteiger partial charge in [0.25, 0.3) is 0 Å². The van der Waals surface area contributed by atoms with E-state index in [9.17, 15) is 5.11 Å². The first kappa shape index (κ1) is 16.2. The molecule has 5 unspecified atom stereocenters. The van der Waals surface area contributed by atoms with E-state index in [0.29, 0.717) is 12.0 Å². The van der Waals surface area contributed by atoms with E-state index in [0.717, 1.165) is 30.6 Å². The summed E-state index contributed by atoms with van der Waals surface area (Å²) in [6.45, 7) is 5.72. The van der Waals surface area contributed by atoms with Crippen LogP contribution >= 0.6 is 11.9 Å². The predicted octanol–water partition coefficient (Wildman–Crippen LogP) is 4.23. The van der Waals surface area contributed by atoms with Gasteiger partial charge in [0.1, 0.15) is 0 Å². The van der Waals surface area contributed by atoms with Gasteiger partial charge in [-0.3, -0.25) is 4.84 Å². The van der Waals surface area contributed by atoms with Crippen molar-refractivity contribution in [2.75, 3.05) is 6.61 Å². The first-order valence-electron chi connectivity index (χ1n) is 9.89. The molecule has 7 atom stereocenters. The maximum Gasteiger partial charge on any atom is 0.0879 e. The molecule has 1 spiro atoms. The van der Waals surface area contributed by atoms with Crippen molar-refractivity contribution in [3.8, 4) is 0 Å².